The molecule has 0 amide bonds. The summed E-state index contributed by atoms with van der Waals surface area (Å²) in [4.78, 5) is 11.4. The van der Waals surface area contributed by atoms with E-state index in [1.165, 1.54) is 29.6 Å². The predicted octanol–water partition coefficient (Wildman–Crippen LogP) is 3.35. The lowest BCUT2D eigenvalue weighted by Gasteiger charge is -2.21. The van der Waals surface area contributed by atoms with Gasteiger partial charge in [0.25, 0.3) is 0 Å². The third-order valence-corrected chi connectivity index (χ3v) is 5.97. The maximum atomic E-state index is 4.48. The predicted molar refractivity (Wildman–Crippen MR) is 83.1 cm³/mol. The van der Waals surface area contributed by atoms with E-state index in [-0.39, 0.29) is 0 Å². The first-order valence-electron chi connectivity index (χ1n) is 6.93. The molecule has 1 saturated heterocycles. The number of nitrogens with zero attached hydrogens (tertiary/aromatic N) is 2. The fourth-order valence-electron chi connectivity index (χ4n) is 2.44. The number of thioether (sulfide) groups is 1. The summed E-state index contributed by atoms with van der Waals surface area (Å²) < 4.78 is 0. The van der Waals surface area contributed by atoms with Crippen molar-refractivity contribution in [2.75, 3.05) is 18.8 Å². The van der Waals surface area contributed by atoms with Crippen LogP contribution in [0.3, 0.4) is 0 Å². The van der Waals surface area contributed by atoms with E-state index in [0.29, 0.717) is 0 Å². The maximum Gasteiger partial charge on any atom is 0.128 e. The summed E-state index contributed by atoms with van der Waals surface area (Å²) in [5, 5.41) is 5.88. The van der Waals surface area contributed by atoms with Gasteiger partial charge in [0.1, 0.15) is 16.2 Å². The van der Waals surface area contributed by atoms with Gasteiger partial charge in [-0.25, -0.2) is 9.97 Å². The molecule has 1 fully saturated rings. The molecule has 102 valence electrons. The number of rotatable bonds is 4. The lowest BCUT2D eigenvalue weighted by molar-refractivity contribution is 0.410. The van der Waals surface area contributed by atoms with Crippen LogP contribution in [0.2, 0.25) is 0 Å². The van der Waals surface area contributed by atoms with E-state index in [2.05, 4.69) is 28.3 Å². The Balaban J connectivity index is 1.74. The van der Waals surface area contributed by atoms with Gasteiger partial charge in [-0.05, 0) is 44.3 Å². The molecule has 0 bridgehead atoms. The highest BCUT2D eigenvalue weighted by Crippen LogP contribution is 2.32. The third kappa shape index (κ3) is 3.09. The summed E-state index contributed by atoms with van der Waals surface area (Å²) >= 11 is 3.69. The molecule has 1 aliphatic heterocycles. The fourth-order valence-corrected chi connectivity index (χ4v) is 4.55. The van der Waals surface area contributed by atoms with Crippen LogP contribution in [0.1, 0.15) is 24.6 Å². The first-order chi connectivity index (χ1) is 9.36. The summed E-state index contributed by atoms with van der Waals surface area (Å²) in [6.07, 6.45) is 5.44. The van der Waals surface area contributed by atoms with Gasteiger partial charge >= 0.3 is 0 Å². The van der Waals surface area contributed by atoms with Crippen LogP contribution < -0.4 is 5.32 Å². The summed E-state index contributed by atoms with van der Waals surface area (Å²) in [6.45, 7) is 4.53. The number of piperidine rings is 1. The van der Waals surface area contributed by atoms with Gasteiger partial charge in [-0.2, -0.15) is 0 Å². The monoisotopic (exact) mass is 293 g/mol. The second-order valence-electron chi connectivity index (χ2n) is 4.99. The zero-order valence-electron chi connectivity index (χ0n) is 11.2. The molecule has 1 atom stereocenters. The van der Waals surface area contributed by atoms with E-state index in [9.17, 15) is 0 Å². The zero-order valence-corrected chi connectivity index (χ0v) is 12.8. The molecule has 3 nitrogen and oxygen atoms in total. The number of aromatic nitrogens is 2. The lowest BCUT2D eigenvalue weighted by atomic mass is 10.0. The molecular formula is C14H19N3S2. The van der Waals surface area contributed by atoms with Crippen LogP contribution in [-0.4, -0.2) is 28.8 Å². The van der Waals surface area contributed by atoms with Crippen LogP contribution in [0.15, 0.2) is 17.4 Å². The molecule has 3 heterocycles. The standard InChI is InChI=1S/C14H19N3S2/c1-2-11-6-12-13(16-9-17-14(12)19-11)18-8-10-4-3-5-15-7-10/h6,9-10,15H,2-5,7-8H2,1H3. The number of thiophene rings is 1. The van der Waals surface area contributed by atoms with Crippen molar-refractivity contribution in [2.45, 2.75) is 31.2 Å². The average Bonchev–Trinajstić information content (AvgIpc) is 2.90. The van der Waals surface area contributed by atoms with Crippen LogP contribution in [-0.2, 0) is 6.42 Å². The second kappa shape index (κ2) is 6.20. The average molecular weight is 293 g/mol. The molecule has 3 rings (SSSR count). The van der Waals surface area contributed by atoms with Crippen molar-refractivity contribution < 1.29 is 0 Å². The second-order valence-corrected chi connectivity index (χ2v) is 7.11. The van der Waals surface area contributed by atoms with E-state index >= 15 is 0 Å². The highest BCUT2D eigenvalue weighted by Gasteiger charge is 2.15. The van der Waals surface area contributed by atoms with E-state index in [1.54, 1.807) is 17.7 Å². The van der Waals surface area contributed by atoms with E-state index in [0.717, 1.165) is 34.5 Å². The van der Waals surface area contributed by atoms with Gasteiger partial charge in [-0.1, -0.05) is 6.92 Å². The Morgan fingerprint density at radius 1 is 1.47 bits per heavy atom. The minimum atomic E-state index is 0.785. The number of nitrogens with one attached hydrogen (secondary N) is 1. The largest absolute Gasteiger partial charge is 0.316 e. The van der Waals surface area contributed by atoms with E-state index in [1.807, 2.05) is 11.8 Å². The summed E-state index contributed by atoms with van der Waals surface area (Å²) in [7, 11) is 0. The van der Waals surface area contributed by atoms with Gasteiger partial charge in [0.15, 0.2) is 0 Å². The number of hydrogen-bond acceptors (Lipinski definition) is 5. The molecule has 0 radical (unpaired) electrons. The van der Waals surface area contributed by atoms with Gasteiger partial charge in [0, 0.05) is 16.0 Å². The van der Waals surface area contributed by atoms with Gasteiger partial charge in [-0.15, -0.1) is 23.1 Å². The van der Waals surface area contributed by atoms with Crippen molar-refractivity contribution in [1.82, 2.24) is 15.3 Å². The molecule has 5 heteroatoms. The summed E-state index contributed by atoms with van der Waals surface area (Å²) in [5.74, 6) is 1.95. The normalized spacial score (nSPS) is 19.9. The quantitative estimate of drug-likeness (QED) is 0.693. The minimum absolute atomic E-state index is 0.785. The Labute approximate surface area is 122 Å². The van der Waals surface area contributed by atoms with Crippen LogP contribution in [0, 0.1) is 5.92 Å². The lowest BCUT2D eigenvalue weighted by Crippen LogP contribution is -2.30. The van der Waals surface area contributed by atoms with Crippen LogP contribution in [0.5, 0.6) is 0 Å². The number of aryl methyl sites for hydroxylation is 1. The van der Waals surface area contributed by atoms with Gasteiger partial charge in [-0.3, -0.25) is 0 Å². The first-order valence-corrected chi connectivity index (χ1v) is 8.74. The number of hydrogen-bond donors (Lipinski definition) is 1. The van der Waals surface area contributed by atoms with Crippen molar-refractivity contribution in [3.63, 3.8) is 0 Å². The summed E-state index contributed by atoms with van der Waals surface area (Å²) in [6, 6.07) is 2.27. The van der Waals surface area contributed by atoms with Crippen molar-refractivity contribution >= 4 is 33.3 Å². The molecule has 19 heavy (non-hydrogen) atoms. The highest BCUT2D eigenvalue weighted by atomic mass is 32.2. The van der Waals surface area contributed by atoms with E-state index in [4.69, 9.17) is 0 Å². The number of fused-ring (bicyclic) bond motifs is 1. The smallest absolute Gasteiger partial charge is 0.128 e. The Bertz CT molecular complexity index is 547. The highest BCUT2D eigenvalue weighted by molar-refractivity contribution is 7.99. The molecular weight excluding hydrogens is 274 g/mol. The van der Waals surface area contributed by atoms with E-state index < -0.39 is 0 Å². The molecule has 1 aliphatic rings. The Kier molecular flexibility index (Phi) is 4.35. The van der Waals surface area contributed by atoms with Crippen molar-refractivity contribution in [2.24, 2.45) is 5.92 Å². The van der Waals surface area contributed by atoms with Gasteiger partial charge < -0.3 is 5.32 Å². The van der Waals surface area contributed by atoms with Crippen LogP contribution >= 0.6 is 23.1 Å². The third-order valence-electron chi connectivity index (χ3n) is 3.55. The first kappa shape index (κ1) is 13.3. The van der Waals surface area contributed by atoms with Gasteiger partial charge in [0.2, 0.25) is 0 Å². The Hall–Kier alpha value is -0.650. The van der Waals surface area contributed by atoms with Crippen LogP contribution in [0.25, 0.3) is 10.2 Å². The topological polar surface area (TPSA) is 37.8 Å². The fraction of sp³-hybridized carbons (Fsp3) is 0.571. The zero-order chi connectivity index (χ0) is 13.1. The van der Waals surface area contributed by atoms with Crippen LogP contribution in [0.4, 0.5) is 0 Å². The van der Waals surface area contributed by atoms with Crippen molar-refractivity contribution in [1.29, 1.82) is 0 Å². The van der Waals surface area contributed by atoms with Crippen molar-refractivity contribution in [3.8, 4) is 0 Å². The molecule has 0 aromatic carbocycles. The summed E-state index contributed by atoms with van der Waals surface area (Å²) in [5.41, 5.74) is 0. The molecule has 1 unspecified atom stereocenters. The Morgan fingerprint density at radius 2 is 2.42 bits per heavy atom. The van der Waals surface area contributed by atoms with Gasteiger partial charge in [0.05, 0.1) is 0 Å². The molecule has 0 aliphatic carbocycles. The SMILES string of the molecule is CCc1cc2c(SCC3CCCNC3)ncnc2s1. The molecule has 1 N–H and O–H groups in total. The Morgan fingerprint density at radius 3 is 3.21 bits per heavy atom. The molecule has 2 aromatic rings. The molecule has 2 aromatic heterocycles. The minimum Gasteiger partial charge on any atom is -0.316 e. The maximum absolute atomic E-state index is 4.48. The van der Waals surface area contributed by atoms with Crippen molar-refractivity contribution in [3.05, 3.63) is 17.3 Å². The molecule has 0 spiro atoms. The molecule has 0 saturated carbocycles.